The molecule has 2 heterocycles. The van der Waals surface area contributed by atoms with E-state index in [2.05, 4.69) is 20.7 Å². The number of fused-ring (bicyclic) bond motifs is 1. The zero-order valence-corrected chi connectivity index (χ0v) is 17.8. The summed E-state index contributed by atoms with van der Waals surface area (Å²) in [5, 5.41) is 11.1. The standard InChI is InChI=1S/C21H31N5O3/c1-13-16(14(2)24-19-18(13)21(29-4)25-26(19)3)9-10-17(27)22-11-12-23-20(28)15-7-5-6-8-15/h15H,5-12H2,1-4H3,(H,22,27)(H,23,28). The first-order chi connectivity index (χ1) is 13.9. The Bertz CT molecular complexity index is 900. The summed E-state index contributed by atoms with van der Waals surface area (Å²) in [5.74, 6) is 0.796. The Labute approximate surface area is 171 Å². The molecule has 1 fully saturated rings. The number of rotatable bonds is 8. The quantitative estimate of drug-likeness (QED) is 0.659. The van der Waals surface area contributed by atoms with Crippen LogP contribution < -0.4 is 15.4 Å². The monoisotopic (exact) mass is 401 g/mol. The lowest BCUT2D eigenvalue weighted by atomic mass is 10.00. The second-order valence-electron chi connectivity index (χ2n) is 7.75. The SMILES string of the molecule is COc1nn(C)c2nc(C)c(CCC(=O)NCCNC(=O)C3CCCC3)c(C)c12. The van der Waals surface area contributed by atoms with Crippen LogP contribution in [0.2, 0.25) is 0 Å². The van der Waals surface area contributed by atoms with Crippen LogP contribution in [0.15, 0.2) is 0 Å². The minimum Gasteiger partial charge on any atom is -0.479 e. The Morgan fingerprint density at radius 3 is 2.55 bits per heavy atom. The molecule has 0 bridgehead atoms. The van der Waals surface area contributed by atoms with E-state index in [0.29, 0.717) is 31.8 Å². The summed E-state index contributed by atoms with van der Waals surface area (Å²) in [6.45, 7) is 4.90. The lowest BCUT2D eigenvalue weighted by Gasteiger charge is -2.12. The Balaban J connectivity index is 1.52. The molecule has 1 saturated carbocycles. The maximum atomic E-state index is 12.2. The minimum atomic E-state index is -0.0304. The van der Waals surface area contributed by atoms with Gasteiger partial charge in [0.2, 0.25) is 17.7 Å². The Morgan fingerprint density at radius 2 is 1.86 bits per heavy atom. The van der Waals surface area contributed by atoms with Gasteiger partial charge in [-0.2, -0.15) is 0 Å². The summed E-state index contributed by atoms with van der Waals surface area (Å²) >= 11 is 0. The van der Waals surface area contributed by atoms with Crippen molar-refractivity contribution in [1.29, 1.82) is 0 Å². The van der Waals surface area contributed by atoms with Crippen LogP contribution >= 0.6 is 0 Å². The van der Waals surface area contributed by atoms with E-state index in [1.807, 2.05) is 20.9 Å². The number of carbonyl (C=O) groups excluding carboxylic acids is 2. The lowest BCUT2D eigenvalue weighted by Crippen LogP contribution is -2.37. The second-order valence-corrected chi connectivity index (χ2v) is 7.75. The molecular formula is C21H31N5O3. The fourth-order valence-electron chi connectivity index (χ4n) is 4.15. The third-order valence-electron chi connectivity index (χ3n) is 5.79. The van der Waals surface area contributed by atoms with Crippen LogP contribution in [0.1, 0.15) is 48.9 Å². The molecular weight excluding hydrogens is 370 g/mol. The Hall–Kier alpha value is -2.64. The number of nitrogens with zero attached hydrogens (tertiary/aromatic N) is 3. The van der Waals surface area contributed by atoms with Crippen molar-refractivity contribution in [2.45, 2.75) is 52.4 Å². The van der Waals surface area contributed by atoms with E-state index in [0.717, 1.165) is 53.5 Å². The zero-order valence-electron chi connectivity index (χ0n) is 17.8. The van der Waals surface area contributed by atoms with E-state index in [-0.39, 0.29) is 17.7 Å². The van der Waals surface area contributed by atoms with E-state index in [9.17, 15) is 9.59 Å². The van der Waals surface area contributed by atoms with Gasteiger partial charge in [0.15, 0.2) is 5.65 Å². The van der Waals surface area contributed by atoms with Crippen molar-refractivity contribution < 1.29 is 14.3 Å². The summed E-state index contributed by atoms with van der Waals surface area (Å²) in [6.07, 6.45) is 5.21. The second kappa shape index (κ2) is 9.24. The molecule has 0 spiro atoms. The van der Waals surface area contributed by atoms with Gasteiger partial charge < -0.3 is 15.4 Å². The molecule has 1 aliphatic rings. The highest BCUT2D eigenvalue weighted by molar-refractivity contribution is 5.86. The normalized spacial score (nSPS) is 14.3. The topological polar surface area (TPSA) is 98.1 Å². The van der Waals surface area contributed by atoms with Crippen molar-refractivity contribution >= 4 is 22.8 Å². The summed E-state index contributed by atoms with van der Waals surface area (Å²) in [4.78, 5) is 28.9. The average molecular weight is 402 g/mol. The fourth-order valence-corrected chi connectivity index (χ4v) is 4.15. The lowest BCUT2D eigenvalue weighted by molar-refractivity contribution is -0.125. The van der Waals surface area contributed by atoms with Crippen LogP contribution in [0.5, 0.6) is 5.88 Å². The molecule has 0 aliphatic heterocycles. The third kappa shape index (κ3) is 4.68. The van der Waals surface area contributed by atoms with E-state index < -0.39 is 0 Å². The largest absolute Gasteiger partial charge is 0.479 e. The number of aromatic nitrogens is 3. The fraction of sp³-hybridized carbons (Fsp3) is 0.619. The summed E-state index contributed by atoms with van der Waals surface area (Å²) in [5.41, 5.74) is 3.78. The molecule has 3 rings (SSSR count). The van der Waals surface area contributed by atoms with Gasteiger partial charge in [-0.05, 0) is 44.2 Å². The number of hydrogen-bond acceptors (Lipinski definition) is 5. The number of carbonyl (C=O) groups is 2. The van der Waals surface area contributed by atoms with Crippen LogP contribution in [-0.2, 0) is 23.1 Å². The number of hydrogen-bond donors (Lipinski definition) is 2. The molecule has 0 unspecified atom stereocenters. The highest BCUT2D eigenvalue weighted by Gasteiger charge is 2.22. The molecule has 2 amide bonds. The van der Waals surface area contributed by atoms with E-state index in [4.69, 9.17) is 4.74 Å². The summed E-state index contributed by atoms with van der Waals surface area (Å²) in [7, 11) is 3.44. The van der Waals surface area contributed by atoms with Crippen molar-refractivity contribution in [3.05, 3.63) is 16.8 Å². The molecule has 1 aliphatic carbocycles. The molecule has 0 aromatic carbocycles. The number of amides is 2. The number of pyridine rings is 1. The van der Waals surface area contributed by atoms with Crippen LogP contribution in [0.3, 0.4) is 0 Å². The number of methoxy groups -OCH3 is 1. The molecule has 2 aromatic heterocycles. The number of nitrogens with one attached hydrogen (secondary N) is 2. The molecule has 2 aromatic rings. The predicted octanol–water partition coefficient (Wildman–Crippen LogP) is 1.95. The van der Waals surface area contributed by atoms with Gasteiger partial charge in [0.05, 0.1) is 12.5 Å². The average Bonchev–Trinajstić information content (AvgIpc) is 3.33. The molecule has 158 valence electrons. The van der Waals surface area contributed by atoms with Gasteiger partial charge in [0, 0.05) is 38.2 Å². The van der Waals surface area contributed by atoms with E-state index >= 15 is 0 Å². The molecule has 29 heavy (non-hydrogen) atoms. The highest BCUT2D eigenvalue weighted by Crippen LogP contribution is 2.30. The predicted molar refractivity (Wildman–Crippen MR) is 111 cm³/mol. The van der Waals surface area contributed by atoms with Crippen molar-refractivity contribution in [3.63, 3.8) is 0 Å². The van der Waals surface area contributed by atoms with E-state index in [1.54, 1.807) is 11.8 Å². The number of aryl methyl sites for hydroxylation is 3. The molecule has 0 saturated heterocycles. The smallest absolute Gasteiger partial charge is 0.242 e. The molecule has 2 N–H and O–H groups in total. The van der Waals surface area contributed by atoms with Gasteiger partial charge in [0.25, 0.3) is 0 Å². The Morgan fingerprint density at radius 1 is 1.17 bits per heavy atom. The van der Waals surface area contributed by atoms with Crippen LogP contribution in [-0.4, -0.2) is 46.8 Å². The first-order valence-electron chi connectivity index (χ1n) is 10.3. The van der Waals surface area contributed by atoms with Gasteiger partial charge in [-0.25, -0.2) is 9.67 Å². The van der Waals surface area contributed by atoms with Crippen LogP contribution in [0.25, 0.3) is 11.0 Å². The van der Waals surface area contributed by atoms with Crippen LogP contribution in [0, 0.1) is 19.8 Å². The summed E-state index contributed by atoms with van der Waals surface area (Å²) in [6, 6.07) is 0. The molecule has 8 nitrogen and oxygen atoms in total. The van der Waals surface area contributed by atoms with E-state index in [1.165, 1.54) is 0 Å². The van der Waals surface area contributed by atoms with Crippen molar-refractivity contribution in [2.75, 3.05) is 20.2 Å². The van der Waals surface area contributed by atoms with Gasteiger partial charge in [-0.15, -0.1) is 5.10 Å². The first kappa shape index (κ1) is 21.1. The van der Waals surface area contributed by atoms with Crippen molar-refractivity contribution in [3.8, 4) is 5.88 Å². The molecule has 0 radical (unpaired) electrons. The molecule has 8 heteroatoms. The third-order valence-corrected chi connectivity index (χ3v) is 5.79. The van der Waals surface area contributed by atoms with Gasteiger partial charge in [-0.3, -0.25) is 9.59 Å². The van der Waals surface area contributed by atoms with Crippen molar-refractivity contribution in [1.82, 2.24) is 25.4 Å². The summed E-state index contributed by atoms with van der Waals surface area (Å²) < 4.78 is 7.10. The van der Waals surface area contributed by atoms with Gasteiger partial charge >= 0.3 is 0 Å². The maximum Gasteiger partial charge on any atom is 0.242 e. The first-order valence-corrected chi connectivity index (χ1v) is 10.3. The van der Waals surface area contributed by atoms with Gasteiger partial charge in [0.1, 0.15) is 0 Å². The maximum absolute atomic E-state index is 12.2. The van der Waals surface area contributed by atoms with Gasteiger partial charge in [-0.1, -0.05) is 12.8 Å². The Kier molecular flexibility index (Phi) is 6.71. The molecule has 0 atom stereocenters. The minimum absolute atomic E-state index is 0.0304. The number of ether oxygens (including phenoxy) is 1. The van der Waals surface area contributed by atoms with Crippen LogP contribution in [0.4, 0.5) is 0 Å². The van der Waals surface area contributed by atoms with Crippen molar-refractivity contribution in [2.24, 2.45) is 13.0 Å². The zero-order chi connectivity index (χ0) is 21.0. The highest BCUT2D eigenvalue weighted by atomic mass is 16.5.